The Kier molecular flexibility index (Phi) is 4.30. The lowest BCUT2D eigenvalue weighted by molar-refractivity contribution is -0.142. The van der Waals surface area contributed by atoms with Gasteiger partial charge in [-0.25, -0.2) is 0 Å². The van der Waals surface area contributed by atoms with Gasteiger partial charge in [0.25, 0.3) is 5.91 Å². The molecule has 0 radical (unpaired) electrons. The van der Waals surface area contributed by atoms with Crippen molar-refractivity contribution >= 4 is 23.2 Å². The maximum Gasteiger partial charge on any atom is 0.308 e. The monoisotopic (exact) mass is 268 g/mol. The van der Waals surface area contributed by atoms with Crippen molar-refractivity contribution in [2.24, 2.45) is 5.92 Å². The first-order valence-corrected chi connectivity index (χ1v) is 6.98. The number of carboxylic acids is 1. The zero-order valence-corrected chi connectivity index (χ0v) is 10.8. The van der Waals surface area contributed by atoms with E-state index >= 15 is 0 Å². The Labute approximate surface area is 109 Å². The molecular weight excluding hydrogens is 252 g/mol. The first-order chi connectivity index (χ1) is 8.68. The van der Waals surface area contributed by atoms with E-state index in [9.17, 15) is 14.7 Å². The molecule has 1 aromatic heterocycles. The van der Waals surface area contributed by atoms with Gasteiger partial charge in [0.1, 0.15) is 4.88 Å². The molecule has 0 aromatic carbocycles. The zero-order valence-electron chi connectivity index (χ0n) is 9.96. The molecule has 98 valence electrons. The predicted molar refractivity (Wildman–Crippen MR) is 67.6 cm³/mol. The van der Waals surface area contributed by atoms with E-state index in [0.29, 0.717) is 11.3 Å². The molecule has 0 bridgehead atoms. The summed E-state index contributed by atoms with van der Waals surface area (Å²) < 4.78 is 0. The highest BCUT2D eigenvalue weighted by atomic mass is 32.1. The number of nitrogens with one attached hydrogen (secondary N) is 1. The normalized spacial score (nSPS) is 24.2. The van der Waals surface area contributed by atoms with E-state index in [4.69, 9.17) is 0 Å². The van der Waals surface area contributed by atoms with Crippen LogP contribution in [0.2, 0.25) is 0 Å². The molecule has 1 saturated carbocycles. The fourth-order valence-corrected chi connectivity index (χ4v) is 2.87. The van der Waals surface area contributed by atoms with Crippen LogP contribution in [0.1, 0.15) is 41.8 Å². The van der Waals surface area contributed by atoms with Crippen molar-refractivity contribution in [3.8, 4) is 0 Å². The summed E-state index contributed by atoms with van der Waals surface area (Å²) in [7, 11) is 0. The highest BCUT2D eigenvalue weighted by molar-refractivity contribution is 7.11. The Morgan fingerprint density at radius 3 is 2.78 bits per heavy atom. The molecule has 0 spiro atoms. The first kappa shape index (κ1) is 13.0. The van der Waals surface area contributed by atoms with Gasteiger partial charge in [0.05, 0.1) is 17.6 Å². The zero-order chi connectivity index (χ0) is 13.0. The van der Waals surface area contributed by atoms with E-state index in [1.807, 2.05) is 0 Å². The van der Waals surface area contributed by atoms with E-state index in [-0.39, 0.29) is 11.9 Å². The molecular formula is C12H16N2O3S. The maximum atomic E-state index is 11.9. The van der Waals surface area contributed by atoms with Gasteiger partial charge in [0, 0.05) is 6.04 Å². The van der Waals surface area contributed by atoms with Gasteiger partial charge in [-0.05, 0) is 12.8 Å². The highest BCUT2D eigenvalue weighted by Crippen LogP contribution is 2.24. The third-order valence-corrected chi connectivity index (χ3v) is 4.08. The second kappa shape index (κ2) is 5.95. The van der Waals surface area contributed by atoms with Crippen molar-refractivity contribution in [3.05, 3.63) is 16.6 Å². The average Bonchev–Trinajstić information content (AvgIpc) is 2.77. The second-order valence-corrected chi connectivity index (χ2v) is 5.41. The minimum Gasteiger partial charge on any atom is -0.481 e. The molecule has 1 aromatic rings. The molecule has 1 amide bonds. The van der Waals surface area contributed by atoms with Crippen molar-refractivity contribution in [3.63, 3.8) is 0 Å². The fraction of sp³-hybridized carbons (Fsp3) is 0.583. The van der Waals surface area contributed by atoms with Crippen molar-refractivity contribution in [2.45, 2.75) is 38.1 Å². The van der Waals surface area contributed by atoms with Gasteiger partial charge in [-0.15, -0.1) is 11.3 Å². The molecule has 6 heteroatoms. The van der Waals surface area contributed by atoms with Gasteiger partial charge in [0.15, 0.2) is 0 Å². The number of nitrogens with zero attached hydrogens (tertiary/aromatic N) is 1. The van der Waals surface area contributed by atoms with Crippen molar-refractivity contribution in [2.75, 3.05) is 0 Å². The lowest BCUT2D eigenvalue weighted by Gasteiger charge is -2.22. The van der Waals surface area contributed by atoms with Crippen molar-refractivity contribution in [1.29, 1.82) is 0 Å². The van der Waals surface area contributed by atoms with Crippen LogP contribution in [-0.2, 0) is 4.79 Å². The summed E-state index contributed by atoms with van der Waals surface area (Å²) in [5.41, 5.74) is 1.59. The molecule has 0 saturated heterocycles. The Morgan fingerprint density at radius 1 is 1.33 bits per heavy atom. The molecule has 5 nitrogen and oxygen atoms in total. The number of hydrogen-bond acceptors (Lipinski definition) is 4. The van der Waals surface area contributed by atoms with Crippen LogP contribution in [0, 0.1) is 5.92 Å². The SMILES string of the molecule is O=C(NC1CCCCCC1C(=O)O)c1cncs1. The summed E-state index contributed by atoms with van der Waals surface area (Å²) in [6, 6.07) is -0.264. The van der Waals surface area contributed by atoms with Crippen LogP contribution in [-0.4, -0.2) is 28.0 Å². The van der Waals surface area contributed by atoms with Gasteiger partial charge in [-0.3, -0.25) is 14.6 Å². The van der Waals surface area contributed by atoms with E-state index in [0.717, 1.165) is 25.7 Å². The van der Waals surface area contributed by atoms with Crippen molar-refractivity contribution in [1.82, 2.24) is 10.3 Å². The van der Waals surface area contributed by atoms with E-state index < -0.39 is 11.9 Å². The van der Waals surface area contributed by atoms with Gasteiger partial charge in [-0.2, -0.15) is 0 Å². The van der Waals surface area contributed by atoms with Crippen LogP contribution < -0.4 is 5.32 Å². The van der Waals surface area contributed by atoms with Gasteiger partial charge >= 0.3 is 5.97 Å². The van der Waals surface area contributed by atoms with Crippen LogP contribution in [0.25, 0.3) is 0 Å². The minimum absolute atomic E-state index is 0.212. The quantitative estimate of drug-likeness (QED) is 0.821. The molecule has 0 aliphatic heterocycles. The average molecular weight is 268 g/mol. The van der Waals surface area contributed by atoms with Gasteiger partial charge in [0.2, 0.25) is 0 Å². The number of amides is 1. The van der Waals surface area contributed by atoms with Crippen LogP contribution in [0.3, 0.4) is 0 Å². The second-order valence-electron chi connectivity index (χ2n) is 4.53. The molecule has 2 atom stereocenters. The van der Waals surface area contributed by atoms with Crippen LogP contribution in [0.15, 0.2) is 11.7 Å². The van der Waals surface area contributed by atoms with Crippen molar-refractivity contribution < 1.29 is 14.7 Å². The number of hydrogen-bond donors (Lipinski definition) is 2. The van der Waals surface area contributed by atoms with Gasteiger partial charge < -0.3 is 10.4 Å². The van der Waals surface area contributed by atoms with Gasteiger partial charge in [-0.1, -0.05) is 19.3 Å². The van der Waals surface area contributed by atoms with E-state index in [2.05, 4.69) is 10.3 Å². The molecule has 2 N–H and O–H groups in total. The Morgan fingerprint density at radius 2 is 2.11 bits per heavy atom. The number of carbonyl (C=O) groups excluding carboxylic acids is 1. The summed E-state index contributed by atoms with van der Waals surface area (Å²) in [6.07, 6.45) is 5.81. The Hall–Kier alpha value is -1.43. The summed E-state index contributed by atoms with van der Waals surface area (Å²) in [5.74, 6) is -1.49. The van der Waals surface area contributed by atoms with Crippen LogP contribution >= 0.6 is 11.3 Å². The number of rotatable bonds is 3. The number of carboxylic acid groups (broad SMARTS) is 1. The van der Waals surface area contributed by atoms with E-state index in [1.165, 1.54) is 17.5 Å². The molecule has 1 aliphatic rings. The third kappa shape index (κ3) is 3.07. The Balaban J connectivity index is 2.04. The summed E-state index contributed by atoms with van der Waals surface area (Å²) >= 11 is 1.26. The number of aromatic nitrogens is 1. The largest absolute Gasteiger partial charge is 0.481 e. The van der Waals surface area contributed by atoms with Crippen LogP contribution in [0.4, 0.5) is 0 Å². The number of thiazole rings is 1. The van der Waals surface area contributed by atoms with Crippen LogP contribution in [0.5, 0.6) is 0 Å². The molecule has 1 aliphatic carbocycles. The molecule has 2 rings (SSSR count). The maximum absolute atomic E-state index is 11.9. The minimum atomic E-state index is -0.813. The Bertz CT molecular complexity index is 419. The van der Waals surface area contributed by atoms with E-state index in [1.54, 1.807) is 5.51 Å². The summed E-state index contributed by atoms with van der Waals surface area (Å²) in [4.78, 5) is 27.5. The topological polar surface area (TPSA) is 79.3 Å². The lowest BCUT2D eigenvalue weighted by Crippen LogP contribution is -2.42. The summed E-state index contributed by atoms with van der Waals surface area (Å²) in [5, 5.41) is 12.1. The third-order valence-electron chi connectivity index (χ3n) is 3.31. The predicted octanol–water partition coefficient (Wildman–Crippen LogP) is 1.91. The molecule has 1 fully saturated rings. The standard InChI is InChI=1S/C12H16N2O3S/c15-11(10-6-13-7-18-10)14-9-5-3-1-2-4-8(9)12(16)17/h6-9H,1-5H2,(H,14,15)(H,16,17). The highest BCUT2D eigenvalue weighted by Gasteiger charge is 2.30. The summed E-state index contributed by atoms with van der Waals surface area (Å²) in [6.45, 7) is 0. The fourth-order valence-electron chi connectivity index (χ4n) is 2.34. The molecule has 18 heavy (non-hydrogen) atoms. The lowest BCUT2D eigenvalue weighted by atomic mass is 9.95. The number of carbonyl (C=O) groups is 2. The number of aliphatic carboxylic acids is 1. The molecule has 2 unspecified atom stereocenters. The molecule has 1 heterocycles. The smallest absolute Gasteiger partial charge is 0.308 e. The first-order valence-electron chi connectivity index (χ1n) is 6.10.